The Morgan fingerprint density at radius 3 is 2.62 bits per heavy atom. The van der Waals surface area contributed by atoms with E-state index in [4.69, 9.17) is 9.84 Å². The van der Waals surface area contributed by atoms with Gasteiger partial charge in [0, 0.05) is 19.8 Å². The maximum absolute atomic E-state index is 12.1. The first kappa shape index (κ1) is 17.0. The van der Waals surface area contributed by atoms with E-state index in [0.29, 0.717) is 0 Å². The zero-order valence-electron chi connectivity index (χ0n) is 11.1. The van der Waals surface area contributed by atoms with Crippen molar-refractivity contribution in [3.05, 3.63) is 34.4 Å². The number of nitrogens with one attached hydrogen (secondary N) is 1. The monoisotopic (exact) mass is 318 g/mol. The number of ether oxygens (including phenoxy) is 1. The molecule has 10 heteroatoms. The summed E-state index contributed by atoms with van der Waals surface area (Å²) in [4.78, 5) is 20.4. The predicted octanol–water partition coefficient (Wildman–Crippen LogP) is 0.363. The number of carboxylic acids is 1. The maximum Gasteiger partial charge on any atom is 0.321 e. The van der Waals surface area contributed by atoms with Gasteiger partial charge < -0.3 is 9.84 Å². The predicted molar refractivity (Wildman–Crippen MR) is 71.3 cm³/mol. The molecule has 0 aliphatic heterocycles. The molecule has 0 saturated heterocycles. The van der Waals surface area contributed by atoms with Gasteiger partial charge in [-0.3, -0.25) is 14.9 Å². The van der Waals surface area contributed by atoms with Gasteiger partial charge in [0.05, 0.1) is 4.92 Å². The van der Waals surface area contributed by atoms with E-state index in [0.717, 1.165) is 12.1 Å². The van der Waals surface area contributed by atoms with E-state index in [-0.39, 0.29) is 13.0 Å². The molecule has 0 aliphatic carbocycles. The molecule has 0 aliphatic rings. The Kier molecular flexibility index (Phi) is 5.76. The molecule has 0 radical (unpaired) electrons. The Bertz CT molecular complexity index is 629. The molecule has 0 bridgehead atoms. The normalized spacial score (nSPS) is 12.8. The number of nitro groups is 1. The Balaban J connectivity index is 3.11. The minimum absolute atomic E-state index is 0.0242. The van der Waals surface area contributed by atoms with Crippen LogP contribution in [0, 0.1) is 10.1 Å². The Hall–Kier alpha value is -2.04. The van der Waals surface area contributed by atoms with Crippen LogP contribution < -0.4 is 4.72 Å². The van der Waals surface area contributed by atoms with E-state index in [9.17, 15) is 23.3 Å². The highest BCUT2D eigenvalue weighted by Crippen LogP contribution is 2.23. The van der Waals surface area contributed by atoms with Crippen LogP contribution in [0.15, 0.2) is 29.2 Å². The van der Waals surface area contributed by atoms with Gasteiger partial charge in [0.2, 0.25) is 10.0 Å². The highest BCUT2D eigenvalue weighted by atomic mass is 32.2. The summed E-state index contributed by atoms with van der Waals surface area (Å²) in [6.07, 6.45) is -0.105. The van der Waals surface area contributed by atoms with Crippen molar-refractivity contribution < 1.29 is 28.0 Å². The molecular weight excluding hydrogens is 304 g/mol. The first-order valence-corrected chi connectivity index (χ1v) is 7.25. The molecule has 0 spiro atoms. The summed E-state index contributed by atoms with van der Waals surface area (Å²) in [5, 5.41) is 19.8. The molecule has 0 saturated carbocycles. The molecule has 1 unspecified atom stereocenters. The van der Waals surface area contributed by atoms with Crippen LogP contribution in [0.1, 0.15) is 6.42 Å². The Labute approximate surface area is 120 Å². The van der Waals surface area contributed by atoms with E-state index in [1.165, 1.54) is 19.2 Å². The van der Waals surface area contributed by atoms with Crippen LogP contribution in [0.2, 0.25) is 0 Å². The summed E-state index contributed by atoms with van der Waals surface area (Å²) in [6.45, 7) is 0.0242. The van der Waals surface area contributed by atoms with Crippen LogP contribution in [0.4, 0.5) is 5.69 Å². The lowest BCUT2D eigenvalue weighted by atomic mass is 10.2. The minimum atomic E-state index is -4.34. The number of carboxylic acid groups (broad SMARTS) is 1. The zero-order valence-corrected chi connectivity index (χ0v) is 11.9. The molecular formula is C11H14N2O7S. The summed E-state index contributed by atoms with van der Waals surface area (Å²) in [5.74, 6) is -1.39. The van der Waals surface area contributed by atoms with Crippen LogP contribution >= 0.6 is 0 Å². The number of sulfonamides is 1. The highest BCUT2D eigenvalue weighted by Gasteiger charge is 2.30. The van der Waals surface area contributed by atoms with Gasteiger partial charge in [-0.2, -0.15) is 4.72 Å². The quantitative estimate of drug-likeness (QED) is 0.521. The van der Waals surface area contributed by atoms with E-state index >= 15 is 0 Å². The van der Waals surface area contributed by atoms with Gasteiger partial charge in [-0.1, -0.05) is 12.1 Å². The number of benzene rings is 1. The third kappa shape index (κ3) is 4.48. The number of methoxy groups -OCH3 is 1. The largest absolute Gasteiger partial charge is 0.480 e. The number of para-hydroxylation sites is 1. The minimum Gasteiger partial charge on any atom is -0.480 e. The smallest absolute Gasteiger partial charge is 0.321 e. The number of nitrogens with zero attached hydrogens (tertiary/aromatic N) is 1. The van der Waals surface area contributed by atoms with Crippen LogP contribution in [0.25, 0.3) is 0 Å². The summed E-state index contributed by atoms with van der Waals surface area (Å²) in [7, 11) is -3.00. The van der Waals surface area contributed by atoms with Crippen molar-refractivity contribution in [3.8, 4) is 0 Å². The lowest BCUT2D eigenvalue weighted by Crippen LogP contribution is -2.41. The second-order valence-corrected chi connectivity index (χ2v) is 5.70. The second kappa shape index (κ2) is 7.11. The fourth-order valence-electron chi connectivity index (χ4n) is 1.55. The number of carbonyl (C=O) groups is 1. The second-order valence-electron chi connectivity index (χ2n) is 4.02. The Morgan fingerprint density at radius 1 is 1.48 bits per heavy atom. The molecule has 1 aromatic rings. The molecule has 0 amide bonds. The fourth-order valence-corrected chi connectivity index (χ4v) is 2.95. The number of hydrogen-bond donors (Lipinski definition) is 2. The van der Waals surface area contributed by atoms with E-state index in [1.807, 2.05) is 4.72 Å². The molecule has 1 atom stereocenters. The van der Waals surface area contributed by atoms with E-state index in [1.54, 1.807) is 0 Å². The van der Waals surface area contributed by atoms with Crippen molar-refractivity contribution in [2.45, 2.75) is 17.4 Å². The molecule has 116 valence electrons. The van der Waals surface area contributed by atoms with Crippen LogP contribution in [0.3, 0.4) is 0 Å². The van der Waals surface area contributed by atoms with Gasteiger partial charge in [0.15, 0.2) is 4.90 Å². The number of nitro benzene ring substituents is 1. The van der Waals surface area contributed by atoms with Crippen molar-refractivity contribution in [2.24, 2.45) is 0 Å². The average Bonchev–Trinajstić information content (AvgIpc) is 2.43. The van der Waals surface area contributed by atoms with Crippen molar-refractivity contribution in [1.82, 2.24) is 4.72 Å². The first-order chi connectivity index (χ1) is 9.79. The zero-order chi connectivity index (χ0) is 16.0. The lowest BCUT2D eigenvalue weighted by molar-refractivity contribution is -0.387. The van der Waals surface area contributed by atoms with Gasteiger partial charge in [-0.25, -0.2) is 8.42 Å². The Morgan fingerprint density at radius 2 is 2.10 bits per heavy atom. The van der Waals surface area contributed by atoms with Gasteiger partial charge in [0.25, 0.3) is 5.69 Å². The van der Waals surface area contributed by atoms with Crippen molar-refractivity contribution >= 4 is 21.7 Å². The van der Waals surface area contributed by atoms with Crippen molar-refractivity contribution in [3.63, 3.8) is 0 Å². The summed E-state index contributed by atoms with van der Waals surface area (Å²) in [6, 6.07) is 3.26. The van der Waals surface area contributed by atoms with Gasteiger partial charge in [0.1, 0.15) is 6.04 Å². The van der Waals surface area contributed by atoms with Gasteiger partial charge in [-0.15, -0.1) is 0 Å². The van der Waals surface area contributed by atoms with Crippen molar-refractivity contribution in [1.29, 1.82) is 0 Å². The lowest BCUT2D eigenvalue weighted by Gasteiger charge is -2.14. The third-order valence-electron chi connectivity index (χ3n) is 2.56. The van der Waals surface area contributed by atoms with Gasteiger partial charge >= 0.3 is 5.97 Å². The van der Waals surface area contributed by atoms with Crippen LogP contribution in [-0.4, -0.2) is 44.2 Å². The molecule has 21 heavy (non-hydrogen) atoms. The number of hydrogen-bond acceptors (Lipinski definition) is 6. The maximum atomic E-state index is 12.1. The van der Waals surface area contributed by atoms with Crippen LogP contribution in [-0.2, 0) is 19.6 Å². The van der Waals surface area contributed by atoms with Crippen molar-refractivity contribution in [2.75, 3.05) is 13.7 Å². The molecule has 1 aromatic carbocycles. The summed E-state index contributed by atoms with van der Waals surface area (Å²) in [5.41, 5.74) is -0.624. The molecule has 1 rings (SSSR count). The van der Waals surface area contributed by atoms with Crippen LogP contribution in [0.5, 0.6) is 0 Å². The third-order valence-corrected chi connectivity index (χ3v) is 4.08. The summed E-state index contributed by atoms with van der Waals surface area (Å²) < 4.78 is 30.9. The van der Waals surface area contributed by atoms with E-state index < -0.39 is 37.5 Å². The topological polar surface area (TPSA) is 136 Å². The molecule has 0 heterocycles. The molecule has 2 N–H and O–H groups in total. The van der Waals surface area contributed by atoms with E-state index in [2.05, 4.69) is 0 Å². The fraction of sp³-hybridized carbons (Fsp3) is 0.364. The molecule has 0 fully saturated rings. The number of rotatable bonds is 8. The summed E-state index contributed by atoms with van der Waals surface area (Å²) >= 11 is 0. The molecule has 9 nitrogen and oxygen atoms in total. The van der Waals surface area contributed by atoms with Gasteiger partial charge in [-0.05, 0) is 12.5 Å². The first-order valence-electron chi connectivity index (χ1n) is 5.77. The average molecular weight is 318 g/mol. The SMILES string of the molecule is COCCC(NS(=O)(=O)c1ccccc1[N+](=O)[O-])C(=O)O. The molecule has 0 aromatic heterocycles. The highest BCUT2D eigenvalue weighted by molar-refractivity contribution is 7.89. The standard InChI is InChI=1S/C11H14N2O7S/c1-20-7-6-8(11(14)15)12-21(18,19)10-5-3-2-4-9(10)13(16)17/h2-5,8,12H,6-7H2,1H3,(H,14,15). The number of aliphatic carboxylic acids is 1.